The quantitative estimate of drug-likeness (QED) is 0.883. The SMILES string of the molecule is Nc1cn(CCCF)cc(Br)c1=O. The normalized spacial score (nSPS) is 10.3. The number of nitrogens with two attached hydrogens (primary N) is 1. The molecule has 5 heteroatoms. The van der Waals surface area contributed by atoms with Crippen LogP contribution in [0, 0.1) is 0 Å². The Hall–Kier alpha value is -0.840. The zero-order valence-corrected chi connectivity index (χ0v) is 8.55. The van der Waals surface area contributed by atoms with Gasteiger partial charge in [-0.1, -0.05) is 0 Å². The van der Waals surface area contributed by atoms with E-state index >= 15 is 0 Å². The smallest absolute Gasteiger partial charge is 0.218 e. The fraction of sp³-hybridized carbons (Fsp3) is 0.375. The van der Waals surface area contributed by atoms with Crippen molar-refractivity contribution >= 4 is 21.6 Å². The first-order valence-corrected chi connectivity index (χ1v) is 4.65. The van der Waals surface area contributed by atoms with Crippen molar-refractivity contribution in [2.75, 3.05) is 12.4 Å². The molecular formula is C8H10BrFN2O. The molecule has 72 valence electrons. The molecule has 0 aliphatic heterocycles. The first-order chi connectivity index (χ1) is 6.15. The molecule has 0 bridgehead atoms. The van der Waals surface area contributed by atoms with E-state index in [1.807, 2.05) is 0 Å². The summed E-state index contributed by atoms with van der Waals surface area (Å²) in [6, 6.07) is 0. The fourth-order valence-electron chi connectivity index (χ4n) is 0.988. The molecule has 1 heterocycles. The lowest BCUT2D eigenvalue weighted by Crippen LogP contribution is -2.13. The van der Waals surface area contributed by atoms with Gasteiger partial charge in [-0.15, -0.1) is 0 Å². The minimum atomic E-state index is -0.371. The van der Waals surface area contributed by atoms with Crippen LogP contribution in [0.1, 0.15) is 6.42 Å². The second-order valence-electron chi connectivity index (χ2n) is 2.67. The van der Waals surface area contributed by atoms with Crippen LogP contribution in [0.5, 0.6) is 0 Å². The Morgan fingerprint density at radius 2 is 2.23 bits per heavy atom. The van der Waals surface area contributed by atoms with Crippen LogP contribution in [0.4, 0.5) is 10.1 Å². The van der Waals surface area contributed by atoms with E-state index in [0.717, 1.165) is 0 Å². The number of nitrogen functional groups attached to an aromatic ring is 1. The summed E-state index contributed by atoms with van der Waals surface area (Å²) in [6.07, 6.45) is 3.55. The van der Waals surface area contributed by atoms with Crippen LogP contribution in [0.25, 0.3) is 0 Å². The molecule has 0 spiro atoms. The van der Waals surface area contributed by atoms with Gasteiger partial charge in [-0.2, -0.15) is 0 Å². The molecule has 0 saturated heterocycles. The molecular weight excluding hydrogens is 239 g/mol. The van der Waals surface area contributed by atoms with Crippen LogP contribution in [-0.2, 0) is 6.54 Å². The largest absolute Gasteiger partial charge is 0.394 e. The Morgan fingerprint density at radius 3 is 2.77 bits per heavy atom. The van der Waals surface area contributed by atoms with Crippen LogP contribution in [-0.4, -0.2) is 11.2 Å². The highest BCUT2D eigenvalue weighted by Crippen LogP contribution is 2.06. The number of hydrogen-bond donors (Lipinski definition) is 1. The second kappa shape index (κ2) is 4.41. The van der Waals surface area contributed by atoms with Gasteiger partial charge in [0.25, 0.3) is 0 Å². The maximum atomic E-state index is 11.8. The Bertz CT molecular complexity index is 324. The van der Waals surface area contributed by atoms with Crippen LogP contribution >= 0.6 is 15.9 Å². The monoisotopic (exact) mass is 248 g/mol. The predicted octanol–water partition coefficient (Wildman–Crippen LogP) is 1.55. The van der Waals surface area contributed by atoms with E-state index in [1.54, 1.807) is 10.8 Å². The molecule has 0 aliphatic rings. The Labute approximate surface area is 83.5 Å². The van der Waals surface area contributed by atoms with Gasteiger partial charge in [-0.3, -0.25) is 9.18 Å². The number of hydrogen-bond acceptors (Lipinski definition) is 2. The summed E-state index contributed by atoms with van der Waals surface area (Å²) in [5.41, 5.74) is 5.38. The van der Waals surface area contributed by atoms with Gasteiger partial charge in [0.1, 0.15) is 0 Å². The van der Waals surface area contributed by atoms with Crippen molar-refractivity contribution < 1.29 is 4.39 Å². The summed E-state index contributed by atoms with van der Waals surface area (Å²) in [7, 11) is 0. The zero-order valence-electron chi connectivity index (χ0n) is 6.96. The molecule has 0 atom stereocenters. The topological polar surface area (TPSA) is 48.0 Å². The van der Waals surface area contributed by atoms with E-state index in [0.29, 0.717) is 17.4 Å². The number of pyridine rings is 1. The van der Waals surface area contributed by atoms with Crippen molar-refractivity contribution in [3.05, 3.63) is 27.1 Å². The van der Waals surface area contributed by atoms with Crippen molar-refractivity contribution in [2.24, 2.45) is 0 Å². The van der Waals surface area contributed by atoms with Gasteiger partial charge in [-0.05, 0) is 22.4 Å². The molecule has 13 heavy (non-hydrogen) atoms. The van der Waals surface area contributed by atoms with Gasteiger partial charge in [0.05, 0.1) is 16.8 Å². The first-order valence-electron chi connectivity index (χ1n) is 3.86. The van der Waals surface area contributed by atoms with Crippen molar-refractivity contribution in [1.82, 2.24) is 4.57 Å². The molecule has 0 unspecified atom stereocenters. The molecule has 1 aromatic heterocycles. The summed E-state index contributed by atoms with van der Waals surface area (Å²) in [6.45, 7) is 0.156. The van der Waals surface area contributed by atoms with Crippen molar-refractivity contribution in [2.45, 2.75) is 13.0 Å². The number of halogens is 2. The van der Waals surface area contributed by atoms with Crippen LogP contribution < -0.4 is 11.2 Å². The number of anilines is 1. The second-order valence-corrected chi connectivity index (χ2v) is 3.53. The number of rotatable bonds is 3. The van der Waals surface area contributed by atoms with Gasteiger partial charge in [-0.25, -0.2) is 0 Å². The third-order valence-electron chi connectivity index (χ3n) is 1.61. The molecule has 0 amide bonds. The van der Waals surface area contributed by atoms with Crippen molar-refractivity contribution in [3.8, 4) is 0 Å². The molecule has 0 aromatic carbocycles. The predicted molar refractivity (Wildman–Crippen MR) is 53.4 cm³/mol. The van der Waals surface area contributed by atoms with E-state index in [-0.39, 0.29) is 17.8 Å². The maximum Gasteiger partial charge on any atom is 0.218 e. The van der Waals surface area contributed by atoms with Crippen LogP contribution in [0.3, 0.4) is 0 Å². The number of aromatic nitrogens is 1. The summed E-state index contributed by atoms with van der Waals surface area (Å²) >= 11 is 3.08. The van der Waals surface area contributed by atoms with E-state index in [2.05, 4.69) is 15.9 Å². The standard InChI is InChI=1S/C8H10BrFN2O/c9-6-4-12(3-1-2-10)5-7(11)8(6)13/h4-5H,1-3,11H2. The highest BCUT2D eigenvalue weighted by atomic mass is 79.9. The maximum absolute atomic E-state index is 11.8. The fourth-order valence-corrected chi connectivity index (χ4v) is 1.48. The average Bonchev–Trinajstić information content (AvgIpc) is 2.10. The molecule has 0 aliphatic carbocycles. The minimum absolute atomic E-state index is 0.174. The summed E-state index contributed by atoms with van der Waals surface area (Å²) in [5.74, 6) is 0. The third-order valence-corrected chi connectivity index (χ3v) is 2.18. The Balaban J connectivity index is 2.93. The van der Waals surface area contributed by atoms with Gasteiger partial charge < -0.3 is 10.3 Å². The van der Waals surface area contributed by atoms with Crippen molar-refractivity contribution in [3.63, 3.8) is 0 Å². The van der Waals surface area contributed by atoms with Crippen LogP contribution in [0.15, 0.2) is 21.7 Å². The molecule has 0 saturated carbocycles. The molecule has 0 radical (unpaired) electrons. The van der Waals surface area contributed by atoms with Gasteiger partial charge in [0, 0.05) is 18.9 Å². The molecule has 1 rings (SSSR count). The Morgan fingerprint density at radius 1 is 1.54 bits per heavy atom. The lowest BCUT2D eigenvalue weighted by molar-refractivity contribution is 0.446. The molecule has 3 nitrogen and oxygen atoms in total. The summed E-state index contributed by atoms with van der Waals surface area (Å²) in [5, 5.41) is 0. The Kier molecular flexibility index (Phi) is 3.48. The summed E-state index contributed by atoms with van der Waals surface area (Å²) in [4.78, 5) is 11.1. The lowest BCUT2D eigenvalue weighted by atomic mass is 10.4. The van der Waals surface area contributed by atoms with Gasteiger partial charge in [0.2, 0.25) is 5.43 Å². The van der Waals surface area contributed by atoms with E-state index in [9.17, 15) is 9.18 Å². The summed E-state index contributed by atoms with van der Waals surface area (Å²) < 4.78 is 13.9. The first kappa shape index (κ1) is 10.2. The number of nitrogens with zero attached hydrogens (tertiary/aromatic N) is 1. The third kappa shape index (κ3) is 2.55. The van der Waals surface area contributed by atoms with E-state index in [4.69, 9.17) is 5.73 Å². The average molecular weight is 249 g/mol. The van der Waals surface area contributed by atoms with Gasteiger partial charge in [0.15, 0.2) is 0 Å². The number of aryl methyl sites for hydroxylation is 1. The molecule has 2 N–H and O–H groups in total. The minimum Gasteiger partial charge on any atom is -0.394 e. The molecule has 1 aromatic rings. The van der Waals surface area contributed by atoms with Crippen LogP contribution in [0.2, 0.25) is 0 Å². The lowest BCUT2D eigenvalue weighted by Gasteiger charge is -2.05. The zero-order chi connectivity index (χ0) is 9.84. The number of alkyl halides is 1. The highest BCUT2D eigenvalue weighted by molar-refractivity contribution is 9.10. The highest BCUT2D eigenvalue weighted by Gasteiger charge is 2.01. The van der Waals surface area contributed by atoms with E-state index < -0.39 is 0 Å². The van der Waals surface area contributed by atoms with Gasteiger partial charge >= 0.3 is 0 Å². The van der Waals surface area contributed by atoms with E-state index in [1.165, 1.54) is 6.20 Å². The van der Waals surface area contributed by atoms with Crippen molar-refractivity contribution in [1.29, 1.82) is 0 Å². The molecule has 0 fully saturated rings.